The number of ether oxygens (including phenoxy) is 3. The summed E-state index contributed by atoms with van der Waals surface area (Å²) in [6.07, 6.45) is 2.28. The minimum Gasteiger partial charge on any atom is -0.448 e. The molecule has 2 fully saturated rings. The molecule has 0 heterocycles. The van der Waals surface area contributed by atoms with Gasteiger partial charge in [-0.25, -0.2) is 4.79 Å². The van der Waals surface area contributed by atoms with E-state index in [1.165, 1.54) is 0 Å². The zero-order chi connectivity index (χ0) is 18.7. The van der Waals surface area contributed by atoms with E-state index in [1.54, 1.807) is 0 Å². The number of carbonyl (C=O) groups is 3. The first-order valence-electron chi connectivity index (χ1n) is 8.82. The molecule has 2 unspecified atom stereocenters. The molecule has 0 bridgehead atoms. The Morgan fingerprint density at radius 3 is 2.32 bits per heavy atom. The van der Waals surface area contributed by atoms with Crippen LogP contribution >= 0.6 is 0 Å². The maximum atomic E-state index is 12.9. The van der Waals surface area contributed by atoms with Crippen molar-refractivity contribution in [2.45, 2.75) is 65.1 Å². The number of esters is 1. The lowest BCUT2D eigenvalue weighted by Gasteiger charge is -2.29. The van der Waals surface area contributed by atoms with Crippen molar-refractivity contribution >= 4 is 17.5 Å². The SMILES string of the molecule is C=CC(=O)OC1C(=O)C2(CCCCC2)C(=O)C1OCOCC(C)(C)C. The summed E-state index contributed by atoms with van der Waals surface area (Å²) in [5.74, 6) is -1.35. The molecule has 0 amide bonds. The molecular formula is C19H28O6. The van der Waals surface area contributed by atoms with E-state index >= 15 is 0 Å². The van der Waals surface area contributed by atoms with Gasteiger partial charge in [-0.1, -0.05) is 46.6 Å². The van der Waals surface area contributed by atoms with Crippen LogP contribution in [0.2, 0.25) is 0 Å². The number of hydrogen-bond acceptors (Lipinski definition) is 6. The molecule has 0 N–H and O–H groups in total. The lowest BCUT2D eigenvalue weighted by molar-refractivity contribution is -0.168. The molecule has 0 aromatic heterocycles. The van der Waals surface area contributed by atoms with Crippen LogP contribution < -0.4 is 0 Å². The molecule has 140 valence electrons. The van der Waals surface area contributed by atoms with E-state index in [4.69, 9.17) is 14.2 Å². The van der Waals surface area contributed by atoms with Crippen molar-refractivity contribution < 1.29 is 28.6 Å². The molecule has 2 rings (SSSR count). The van der Waals surface area contributed by atoms with Crippen molar-refractivity contribution in [1.29, 1.82) is 0 Å². The van der Waals surface area contributed by atoms with E-state index in [-0.39, 0.29) is 23.8 Å². The van der Waals surface area contributed by atoms with Gasteiger partial charge in [0, 0.05) is 6.08 Å². The topological polar surface area (TPSA) is 78.9 Å². The zero-order valence-electron chi connectivity index (χ0n) is 15.3. The highest BCUT2D eigenvalue weighted by molar-refractivity contribution is 6.18. The predicted octanol–water partition coefficient (Wildman–Crippen LogP) is 2.59. The van der Waals surface area contributed by atoms with Crippen LogP contribution in [0.5, 0.6) is 0 Å². The molecule has 0 aromatic rings. The number of Topliss-reactive ketones (excluding diaryl/α,β-unsaturated/α-hetero) is 2. The van der Waals surface area contributed by atoms with Gasteiger partial charge in [0.1, 0.15) is 6.79 Å². The van der Waals surface area contributed by atoms with Gasteiger partial charge in [0.05, 0.1) is 12.0 Å². The molecule has 0 aliphatic heterocycles. The van der Waals surface area contributed by atoms with Crippen molar-refractivity contribution in [3.05, 3.63) is 12.7 Å². The largest absolute Gasteiger partial charge is 0.448 e. The molecule has 0 radical (unpaired) electrons. The van der Waals surface area contributed by atoms with Gasteiger partial charge in [0.25, 0.3) is 0 Å². The fourth-order valence-electron chi connectivity index (χ4n) is 3.51. The highest BCUT2D eigenvalue weighted by atomic mass is 16.7. The van der Waals surface area contributed by atoms with Crippen molar-refractivity contribution in [3.8, 4) is 0 Å². The van der Waals surface area contributed by atoms with Crippen LogP contribution in [0.1, 0.15) is 52.9 Å². The molecule has 2 aliphatic carbocycles. The molecule has 6 heteroatoms. The van der Waals surface area contributed by atoms with E-state index in [0.717, 1.165) is 25.3 Å². The highest BCUT2D eigenvalue weighted by Gasteiger charge is 2.62. The maximum Gasteiger partial charge on any atom is 0.330 e. The second-order valence-electron chi connectivity index (χ2n) is 8.05. The molecule has 0 saturated heterocycles. The first-order valence-corrected chi connectivity index (χ1v) is 8.82. The molecule has 2 saturated carbocycles. The number of ketones is 2. The Kier molecular flexibility index (Phi) is 6.16. The van der Waals surface area contributed by atoms with Crippen LogP contribution in [-0.2, 0) is 28.6 Å². The molecule has 25 heavy (non-hydrogen) atoms. The monoisotopic (exact) mass is 352 g/mol. The van der Waals surface area contributed by atoms with E-state index < -0.39 is 23.6 Å². The summed E-state index contributed by atoms with van der Waals surface area (Å²) in [5, 5.41) is 0. The predicted molar refractivity (Wildman–Crippen MR) is 90.8 cm³/mol. The van der Waals surface area contributed by atoms with Gasteiger partial charge in [-0.05, 0) is 18.3 Å². The molecule has 0 aromatic carbocycles. The van der Waals surface area contributed by atoms with Crippen LogP contribution in [-0.4, -0.2) is 43.1 Å². The summed E-state index contributed by atoms with van der Waals surface area (Å²) in [5.41, 5.74) is -1.11. The summed E-state index contributed by atoms with van der Waals surface area (Å²) >= 11 is 0. The number of rotatable bonds is 6. The van der Waals surface area contributed by atoms with Crippen LogP contribution in [0, 0.1) is 10.8 Å². The Balaban J connectivity index is 2.12. The van der Waals surface area contributed by atoms with Crippen LogP contribution in [0.15, 0.2) is 12.7 Å². The number of carbonyl (C=O) groups excluding carboxylic acids is 3. The third-order valence-corrected chi connectivity index (χ3v) is 4.72. The number of hydrogen-bond donors (Lipinski definition) is 0. The van der Waals surface area contributed by atoms with Crippen LogP contribution in [0.4, 0.5) is 0 Å². The Morgan fingerprint density at radius 1 is 1.16 bits per heavy atom. The summed E-state index contributed by atoms with van der Waals surface area (Å²) in [6.45, 7) is 9.72. The Bertz CT molecular complexity index is 539. The van der Waals surface area contributed by atoms with Gasteiger partial charge in [0.15, 0.2) is 23.8 Å². The average molecular weight is 352 g/mol. The third-order valence-electron chi connectivity index (χ3n) is 4.72. The minimum atomic E-state index is -1.21. The lowest BCUT2D eigenvalue weighted by Crippen LogP contribution is -2.38. The highest BCUT2D eigenvalue weighted by Crippen LogP contribution is 2.46. The van der Waals surface area contributed by atoms with Gasteiger partial charge in [-0.15, -0.1) is 0 Å². The average Bonchev–Trinajstić information content (AvgIpc) is 2.74. The maximum absolute atomic E-state index is 12.9. The lowest BCUT2D eigenvalue weighted by atomic mass is 9.71. The van der Waals surface area contributed by atoms with Crippen molar-refractivity contribution in [2.75, 3.05) is 13.4 Å². The molecule has 1 spiro atoms. The smallest absolute Gasteiger partial charge is 0.330 e. The first-order chi connectivity index (χ1) is 11.7. The Morgan fingerprint density at radius 2 is 1.76 bits per heavy atom. The van der Waals surface area contributed by atoms with Crippen molar-refractivity contribution in [3.63, 3.8) is 0 Å². The standard InChI is InChI=1S/C19H28O6/c1-5-13(20)25-15-14(24-12-23-11-18(2,3)4)16(21)19(17(15)22)9-7-6-8-10-19/h5,14-15H,1,6-12H2,2-4H3. The minimum absolute atomic E-state index is 0.0435. The second kappa shape index (κ2) is 7.79. The van der Waals surface area contributed by atoms with Crippen LogP contribution in [0.25, 0.3) is 0 Å². The summed E-state index contributed by atoms with van der Waals surface area (Å²) in [7, 11) is 0. The zero-order valence-corrected chi connectivity index (χ0v) is 15.3. The first kappa shape index (κ1) is 19.8. The quantitative estimate of drug-likeness (QED) is 0.240. The van der Waals surface area contributed by atoms with Gasteiger partial charge in [0.2, 0.25) is 0 Å². The Hall–Kier alpha value is -1.53. The summed E-state index contributed by atoms with van der Waals surface area (Å²) < 4.78 is 16.2. The van der Waals surface area contributed by atoms with Gasteiger partial charge in [-0.2, -0.15) is 0 Å². The molecule has 2 aliphatic rings. The van der Waals surface area contributed by atoms with E-state index in [9.17, 15) is 14.4 Å². The molecular weight excluding hydrogens is 324 g/mol. The second-order valence-corrected chi connectivity index (χ2v) is 8.05. The van der Waals surface area contributed by atoms with E-state index in [1.807, 2.05) is 20.8 Å². The van der Waals surface area contributed by atoms with Crippen molar-refractivity contribution in [1.82, 2.24) is 0 Å². The molecule has 6 nitrogen and oxygen atoms in total. The van der Waals surface area contributed by atoms with Crippen LogP contribution in [0.3, 0.4) is 0 Å². The summed E-state index contributed by atoms with van der Waals surface area (Å²) in [6, 6.07) is 0. The van der Waals surface area contributed by atoms with E-state index in [0.29, 0.717) is 19.4 Å². The van der Waals surface area contributed by atoms with Gasteiger partial charge < -0.3 is 14.2 Å². The fourth-order valence-corrected chi connectivity index (χ4v) is 3.51. The van der Waals surface area contributed by atoms with Gasteiger partial charge >= 0.3 is 5.97 Å². The Labute approximate surface area is 148 Å². The normalized spacial score (nSPS) is 26.0. The molecule has 2 atom stereocenters. The van der Waals surface area contributed by atoms with E-state index in [2.05, 4.69) is 6.58 Å². The summed E-state index contributed by atoms with van der Waals surface area (Å²) in [4.78, 5) is 37.4. The third kappa shape index (κ3) is 4.36. The van der Waals surface area contributed by atoms with Gasteiger partial charge in [-0.3, -0.25) is 9.59 Å². The fraction of sp³-hybridized carbons (Fsp3) is 0.737. The van der Waals surface area contributed by atoms with Crippen molar-refractivity contribution in [2.24, 2.45) is 10.8 Å².